The van der Waals surface area contributed by atoms with Crippen LogP contribution in [0.4, 0.5) is 9.59 Å². The van der Waals surface area contributed by atoms with Crippen LogP contribution in [0.25, 0.3) is 0 Å². The number of hydroxylamine groups is 1. The number of hydrogen-bond donors (Lipinski definition) is 1. The van der Waals surface area contributed by atoms with Crippen LogP contribution in [-0.4, -0.2) is 18.0 Å². The fourth-order valence-electron chi connectivity index (χ4n) is 2.05. The number of ketones is 1. The molecule has 0 aromatic heterocycles. The SMILES string of the molecule is CC(=O)c1cccc(OC(=O)ONC(=O)OCc2ccccc2)c1C. The summed E-state index contributed by atoms with van der Waals surface area (Å²) < 4.78 is 9.84. The van der Waals surface area contributed by atoms with Crippen molar-refractivity contribution in [3.63, 3.8) is 0 Å². The summed E-state index contributed by atoms with van der Waals surface area (Å²) >= 11 is 0. The first-order chi connectivity index (χ1) is 12.0. The fourth-order valence-corrected chi connectivity index (χ4v) is 2.05. The van der Waals surface area contributed by atoms with Crippen LogP contribution < -0.4 is 10.2 Å². The second-order valence-electron chi connectivity index (χ2n) is 5.10. The van der Waals surface area contributed by atoms with Crippen LogP contribution in [0, 0.1) is 6.92 Å². The molecule has 0 aliphatic heterocycles. The molecule has 0 atom stereocenters. The minimum absolute atomic E-state index is 0.0326. The second kappa shape index (κ2) is 8.49. The highest BCUT2D eigenvalue weighted by molar-refractivity contribution is 5.96. The lowest BCUT2D eigenvalue weighted by Crippen LogP contribution is -2.29. The Kier molecular flexibility index (Phi) is 6.11. The maximum atomic E-state index is 11.6. The van der Waals surface area contributed by atoms with Crippen LogP contribution in [0.5, 0.6) is 5.75 Å². The van der Waals surface area contributed by atoms with E-state index in [2.05, 4.69) is 4.84 Å². The lowest BCUT2D eigenvalue weighted by atomic mass is 10.1. The molecule has 0 saturated carbocycles. The van der Waals surface area contributed by atoms with Gasteiger partial charge in [0.2, 0.25) is 0 Å². The number of nitrogens with one attached hydrogen (secondary N) is 1. The molecule has 0 fully saturated rings. The molecule has 25 heavy (non-hydrogen) atoms. The van der Waals surface area contributed by atoms with E-state index in [-0.39, 0.29) is 18.1 Å². The molecular formula is C18H17NO6. The molecule has 0 aliphatic rings. The van der Waals surface area contributed by atoms with Crippen molar-refractivity contribution in [3.05, 3.63) is 65.2 Å². The number of hydrogen-bond acceptors (Lipinski definition) is 6. The number of ether oxygens (including phenoxy) is 2. The molecule has 0 saturated heterocycles. The van der Waals surface area contributed by atoms with Gasteiger partial charge in [0, 0.05) is 11.1 Å². The molecular weight excluding hydrogens is 326 g/mol. The number of Topliss-reactive ketones (excluding diaryl/α,β-unsaturated/α-hetero) is 1. The maximum absolute atomic E-state index is 11.6. The summed E-state index contributed by atoms with van der Waals surface area (Å²) in [5, 5.41) is 0. The molecule has 1 N–H and O–H groups in total. The predicted octanol–water partition coefficient (Wildman–Crippen LogP) is 3.55. The quantitative estimate of drug-likeness (QED) is 0.395. The van der Waals surface area contributed by atoms with Gasteiger partial charge in [-0.25, -0.2) is 9.59 Å². The van der Waals surface area contributed by atoms with Gasteiger partial charge in [-0.2, -0.15) is 0 Å². The van der Waals surface area contributed by atoms with Crippen molar-refractivity contribution in [3.8, 4) is 5.75 Å². The van der Waals surface area contributed by atoms with Crippen LogP contribution in [0.2, 0.25) is 0 Å². The Bertz CT molecular complexity index is 772. The van der Waals surface area contributed by atoms with Gasteiger partial charge in [-0.05, 0) is 25.5 Å². The molecule has 130 valence electrons. The van der Waals surface area contributed by atoms with Gasteiger partial charge in [0.05, 0.1) is 0 Å². The summed E-state index contributed by atoms with van der Waals surface area (Å²) in [4.78, 5) is 39.0. The first kappa shape index (κ1) is 18.0. The highest BCUT2D eigenvalue weighted by atomic mass is 16.8. The normalized spacial score (nSPS) is 9.84. The Balaban J connectivity index is 1.82. The molecule has 7 heteroatoms. The Labute approximate surface area is 144 Å². The van der Waals surface area contributed by atoms with Gasteiger partial charge in [0.1, 0.15) is 12.4 Å². The molecule has 7 nitrogen and oxygen atoms in total. The predicted molar refractivity (Wildman–Crippen MR) is 88.1 cm³/mol. The first-order valence-electron chi connectivity index (χ1n) is 7.43. The lowest BCUT2D eigenvalue weighted by Gasteiger charge is -2.10. The Morgan fingerprint density at radius 2 is 1.72 bits per heavy atom. The summed E-state index contributed by atoms with van der Waals surface area (Å²) in [6.45, 7) is 3.08. The van der Waals surface area contributed by atoms with Crippen molar-refractivity contribution in [2.24, 2.45) is 0 Å². The van der Waals surface area contributed by atoms with E-state index in [1.54, 1.807) is 31.2 Å². The van der Waals surface area contributed by atoms with Gasteiger partial charge in [0.25, 0.3) is 0 Å². The molecule has 0 heterocycles. The molecule has 0 bridgehead atoms. The molecule has 0 spiro atoms. The molecule has 0 aliphatic carbocycles. The maximum Gasteiger partial charge on any atom is 0.539 e. The number of rotatable bonds is 4. The van der Waals surface area contributed by atoms with Gasteiger partial charge < -0.3 is 14.3 Å². The van der Waals surface area contributed by atoms with Gasteiger partial charge >= 0.3 is 12.2 Å². The summed E-state index contributed by atoms with van der Waals surface area (Å²) in [6, 6.07) is 13.7. The Hall–Kier alpha value is -3.35. The zero-order chi connectivity index (χ0) is 18.2. The zero-order valence-electron chi connectivity index (χ0n) is 13.8. The minimum Gasteiger partial charge on any atom is -0.443 e. The number of amides is 1. The van der Waals surface area contributed by atoms with Crippen molar-refractivity contribution in [1.82, 2.24) is 5.48 Å². The zero-order valence-corrected chi connectivity index (χ0v) is 13.8. The van der Waals surface area contributed by atoms with E-state index >= 15 is 0 Å². The third-order valence-electron chi connectivity index (χ3n) is 3.29. The Morgan fingerprint density at radius 1 is 1.00 bits per heavy atom. The summed E-state index contributed by atoms with van der Waals surface area (Å²) in [6.07, 6.45) is -2.09. The van der Waals surface area contributed by atoms with Crippen LogP contribution in [0.15, 0.2) is 48.5 Å². The van der Waals surface area contributed by atoms with E-state index < -0.39 is 12.2 Å². The molecule has 2 aromatic carbocycles. The van der Waals surface area contributed by atoms with Crippen molar-refractivity contribution < 1.29 is 28.7 Å². The first-order valence-corrected chi connectivity index (χ1v) is 7.43. The summed E-state index contributed by atoms with van der Waals surface area (Å²) in [7, 11) is 0. The highest BCUT2D eigenvalue weighted by Gasteiger charge is 2.14. The summed E-state index contributed by atoms with van der Waals surface area (Å²) in [5.41, 5.74) is 3.55. The highest BCUT2D eigenvalue weighted by Crippen LogP contribution is 2.22. The number of carbonyl (C=O) groups excluding carboxylic acids is 3. The van der Waals surface area contributed by atoms with Crippen molar-refractivity contribution >= 4 is 18.0 Å². The largest absolute Gasteiger partial charge is 0.539 e. The molecule has 2 aromatic rings. The van der Waals surface area contributed by atoms with Gasteiger partial charge in [-0.15, -0.1) is 5.48 Å². The average Bonchev–Trinajstić information content (AvgIpc) is 2.60. The standard InChI is InChI=1S/C18H17NO6/c1-12-15(13(2)20)9-6-10-16(12)24-18(22)25-19-17(21)23-11-14-7-4-3-5-8-14/h3-10H,11H2,1-2H3,(H,19,21). The van der Waals surface area contributed by atoms with Gasteiger partial charge in [-0.3, -0.25) is 4.79 Å². The van der Waals surface area contributed by atoms with Crippen LogP contribution in [-0.2, 0) is 16.2 Å². The van der Waals surface area contributed by atoms with Crippen LogP contribution in [0.1, 0.15) is 28.4 Å². The molecule has 1 amide bonds. The summed E-state index contributed by atoms with van der Waals surface area (Å²) in [5.74, 6) is 0.0103. The van der Waals surface area contributed by atoms with E-state index in [0.717, 1.165) is 5.56 Å². The molecule has 0 unspecified atom stereocenters. The smallest absolute Gasteiger partial charge is 0.443 e. The number of carbonyl (C=O) groups is 3. The van der Waals surface area contributed by atoms with Crippen molar-refractivity contribution in [2.75, 3.05) is 0 Å². The van der Waals surface area contributed by atoms with Crippen molar-refractivity contribution in [2.45, 2.75) is 20.5 Å². The third kappa shape index (κ3) is 5.35. The average molecular weight is 343 g/mol. The fraction of sp³-hybridized carbons (Fsp3) is 0.167. The third-order valence-corrected chi connectivity index (χ3v) is 3.29. The monoisotopic (exact) mass is 343 g/mol. The topological polar surface area (TPSA) is 90.9 Å². The minimum atomic E-state index is -1.15. The lowest BCUT2D eigenvalue weighted by molar-refractivity contribution is 0.0361. The molecule has 0 radical (unpaired) electrons. The van der Waals surface area contributed by atoms with Crippen LogP contribution in [0.3, 0.4) is 0 Å². The van der Waals surface area contributed by atoms with E-state index in [4.69, 9.17) is 9.47 Å². The molecule has 2 rings (SSSR count). The second-order valence-corrected chi connectivity index (χ2v) is 5.10. The van der Waals surface area contributed by atoms with E-state index in [0.29, 0.717) is 11.1 Å². The Morgan fingerprint density at radius 3 is 2.40 bits per heavy atom. The number of benzene rings is 2. The van der Waals surface area contributed by atoms with Crippen LogP contribution >= 0.6 is 0 Å². The van der Waals surface area contributed by atoms with E-state index in [9.17, 15) is 14.4 Å². The van der Waals surface area contributed by atoms with Gasteiger partial charge in [-0.1, -0.05) is 42.5 Å². The van der Waals surface area contributed by atoms with Gasteiger partial charge in [0.15, 0.2) is 5.78 Å². The van der Waals surface area contributed by atoms with Crippen molar-refractivity contribution in [1.29, 1.82) is 0 Å². The van der Waals surface area contributed by atoms with E-state index in [1.165, 1.54) is 13.0 Å². The van der Waals surface area contributed by atoms with E-state index in [1.807, 2.05) is 23.7 Å².